The number of nitrogens with zero attached hydrogens (tertiary/aromatic N) is 2. The average molecular weight is 312 g/mol. The van der Waals surface area contributed by atoms with E-state index in [4.69, 9.17) is 11.6 Å². The second-order valence-electron chi connectivity index (χ2n) is 4.97. The third-order valence-corrected chi connectivity index (χ3v) is 3.50. The highest BCUT2D eigenvalue weighted by atomic mass is 35.5. The minimum Gasteiger partial charge on any atom is -0.322 e. The lowest BCUT2D eigenvalue weighted by atomic mass is 10.2. The van der Waals surface area contributed by atoms with Gasteiger partial charge in [-0.1, -0.05) is 29.3 Å². The Morgan fingerprint density at radius 3 is 2.45 bits per heavy atom. The molecule has 0 aliphatic carbocycles. The number of amides is 1. The largest absolute Gasteiger partial charge is 0.322 e. The molecule has 0 spiro atoms. The maximum absolute atomic E-state index is 12.2. The van der Waals surface area contributed by atoms with Crippen LogP contribution in [0.1, 0.15) is 15.9 Å². The number of rotatable bonds is 3. The fourth-order valence-corrected chi connectivity index (χ4v) is 2.14. The van der Waals surface area contributed by atoms with Crippen molar-refractivity contribution in [3.63, 3.8) is 0 Å². The molecule has 5 heteroatoms. The first-order valence-corrected chi connectivity index (χ1v) is 7.18. The van der Waals surface area contributed by atoms with E-state index in [0.717, 1.165) is 16.9 Å². The fraction of sp³-hybridized carbons (Fsp3) is 0.0588. The topological polar surface area (TPSA) is 46.9 Å². The van der Waals surface area contributed by atoms with E-state index in [1.807, 2.05) is 43.3 Å². The Morgan fingerprint density at radius 1 is 1.09 bits per heavy atom. The van der Waals surface area contributed by atoms with Gasteiger partial charge in [0.1, 0.15) is 0 Å². The van der Waals surface area contributed by atoms with Crippen molar-refractivity contribution in [3.05, 3.63) is 77.1 Å². The molecule has 0 saturated heterocycles. The van der Waals surface area contributed by atoms with Gasteiger partial charge in [-0.05, 0) is 43.3 Å². The third kappa shape index (κ3) is 3.18. The molecule has 0 fully saturated rings. The Hall–Kier alpha value is -2.59. The van der Waals surface area contributed by atoms with Gasteiger partial charge in [-0.15, -0.1) is 0 Å². The number of anilines is 1. The second kappa shape index (κ2) is 6.03. The van der Waals surface area contributed by atoms with Crippen molar-refractivity contribution in [2.75, 3.05) is 5.32 Å². The number of nitrogens with one attached hydrogen (secondary N) is 1. The van der Waals surface area contributed by atoms with Crippen molar-refractivity contribution in [2.45, 2.75) is 6.92 Å². The van der Waals surface area contributed by atoms with E-state index in [-0.39, 0.29) is 5.91 Å². The summed E-state index contributed by atoms with van der Waals surface area (Å²) in [5, 5.41) is 7.71. The molecule has 0 aliphatic rings. The summed E-state index contributed by atoms with van der Waals surface area (Å²) in [5.74, 6) is -0.191. The summed E-state index contributed by atoms with van der Waals surface area (Å²) in [5.41, 5.74) is 3.25. The SMILES string of the molecule is Cc1ccc(NC(=O)c2cnn(-c3ccc(Cl)cc3)c2)cc1. The summed E-state index contributed by atoms with van der Waals surface area (Å²) in [6.07, 6.45) is 3.23. The summed E-state index contributed by atoms with van der Waals surface area (Å²) in [6.45, 7) is 2.00. The van der Waals surface area contributed by atoms with Crippen LogP contribution < -0.4 is 5.32 Å². The van der Waals surface area contributed by atoms with Crippen LogP contribution in [-0.2, 0) is 0 Å². The van der Waals surface area contributed by atoms with Crippen molar-refractivity contribution in [3.8, 4) is 5.69 Å². The van der Waals surface area contributed by atoms with Gasteiger partial charge >= 0.3 is 0 Å². The van der Waals surface area contributed by atoms with Gasteiger partial charge in [-0.25, -0.2) is 4.68 Å². The Kier molecular flexibility index (Phi) is 3.94. The van der Waals surface area contributed by atoms with Gasteiger partial charge in [0.05, 0.1) is 17.4 Å². The lowest BCUT2D eigenvalue weighted by Gasteiger charge is -2.03. The van der Waals surface area contributed by atoms with E-state index >= 15 is 0 Å². The highest BCUT2D eigenvalue weighted by Crippen LogP contribution is 2.14. The molecule has 0 bridgehead atoms. The predicted octanol–water partition coefficient (Wildman–Crippen LogP) is 4.09. The minimum atomic E-state index is -0.191. The normalized spacial score (nSPS) is 10.5. The molecule has 1 heterocycles. The Balaban J connectivity index is 1.76. The first-order chi connectivity index (χ1) is 10.6. The van der Waals surface area contributed by atoms with Gasteiger partial charge in [0.2, 0.25) is 0 Å². The molecule has 0 saturated carbocycles. The number of carbonyl (C=O) groups excluding carboxylic acids is 1. The lowest BCUT2D eigenvalue weighted by molar-refractivity contribution is 0.102. The van der Waals surface area contributed by atoms with Crippen LogP contribution in [0.5, 0.6) is 0 Å². The van der Waals surface area contributed by atoms with E-state index in [1.54, 1.807) is 23.0 Å². The molecule has 22 heavy (non-hydrogen) atoms. The molecular weight excluding hydrogens is 298 g/mol. The quantitative estimate of drug-likeness (QED) is 0.792. The summed E-state index contributed by atoms with van der Waals surface area (Å²) in [4.78, 5) is 12.2. The number of aromatic nitrogens is 2. The van der Waals surface area contributed by atoms with Gasteiger partial charge in [-0.2, -0.15) is 5.10 Å². The van der Waals surface area contributed by atoms with Crippen LogP contribution in [0.25, 0.3) is 5.69 Å². The number of halogens is 1. The molecule has 4 nitrogen and oxygen atoms in total. The molecule has 3 aromatic rings. The van der Waals surface area contributed by atoms with Gasteiger partial charge in [-0.3, -0.25) is 4.79 Å². The zero-order valence-electron chi connectivity index (χ0n) is 12.0. The Morgan fingerprint density at radius 2 is 1.77 bits per heavy atom. The zero-order chi connectivity index (χ0) is 15.5. The molecule has 0 radical (unpaired) electrons. The number of benzene rings is 2. The summed E-state index contributed by atoms with van der Waals surface area (Å²) < 4.78 is 1.64. The van der Waals surface area contributed by atoms with Crippen LogP contribution in [0.15, 0.2) is 60.9 Å². The van der Waals surface area contributed by atoms with E-state index < -0.39 is 0 Å². The van der Waals surface area contributed by atoms with Crippen LogP contribution in [0, 0.1) is 6.92 Å². The second-order valence-corrected chi connectivity index (χ2v) is 5.41. The standard InChI is InChI=1S/C17H14ClN3O/c1-12-2-6-15(7-3-12)20-17(22)13-10-19-21(11-13)16-8-4-14(18)5-9-16/h2-11H,1H3,(H,20,22). The molecule has 2 aromatic carbocycles. The molecule has 1 amide bonds. The molecule has 0 atom stereocenters. The molecule has 1 aromatic heterocycles. The summed E-state index contributed by atoms with van der Waals surface area (Å²) in [6, 6.07) is 14.9. The van der Waals surface area contributed by atoms with Crippen molar-refractivity contribution in [1.29, 1.82) is 0 Å². The van der Waals surface area contributed by atoms with Gasteiger partial charge in [0.25, 0.3) is 5.91 Å². The highest BCUT2D eigenvalue weighted by Gasteiger charge is 2.09. The number of aryl methyl sites for hydroxylation is 1. The van der Waals surface area contributed by atoms with E-state index in [2.05, 4.69) is 10.4 Å². The minimum absolute atomic E-state index is 0.191. The fourth-order valence-electron chi connectivity index (χ4n) is 2.02. The average Bonchev–Trinajstić information content (AvgIpc) is 3.00. The molecular formula is C17H14ClN3O. The van der Waals surface area contributed by atoms with E-state index in [0.29, 0.717) is 10.6 Å². The molecule has 3 rings (SSSR count). The maximum Gasteiger partial charge on any atom is 0.258 e. The molecule has 110 valence electrons. The number of carbonyl (C=O) groups is 1. The Labute approximate surface area is 133 Å². The van der Waals surface area contributed by atoms with Crippen molar-refractivity contribution in [1.82, 2.24) is 9.78 Å². The number of hydrogen-bond acceptors (Lipinski definition) is 2. The van der Waals surface area contributed by atoms with E-state index in [1.165, 1.54) is 6.20 Å². The van der Waals surface area contributed by atoms with Gasteiger partial charge in [0, 0.05) is 16.9 Å². The zero-order valence-corrected chi connectivity index (χ0v) is 12.7. The third-order valence-electron chi connectivity index (χ3n) is 3.25. The Bertz CT molecular complexity index is 792. The smallest absolute Gasteiger partial charge is 0.258 e. The van der Waals surface area contributed by atoms with E-state index in [9.17, 15) is 4.79 Å². The summed E-state index contributed by atoms with van der Waals surface area (Å²) in [7, 11) is 0. The van der Waals surface area contributed by atoms with Crippen LogP contribution in [-0.4, -0.2) is 15.7 Å². The van der Waals surface area contributed by atoms with Crippen LogP contribution in [0.2, 0.25) is 5.02 Å². The predicted molar refractivity (Wildman–Crippen MR) is 87.7 cm³/mol. The van der Waals surface area contributed by atoms with Gasteiger partial charge in [0.15, 0.2) is 0 Å². The summed E-state index contributed by atoms with van der Waals surface area (Å²) >= 11 is 5.86. The van der Waals surface area contributed by atoms with Crippen LogP contribution in [0.3, 0.4) is 0 Å². The molecule has 1 N–H and O–H groups in total. The number of hydrogen-bond donors (Lipinski definition) is 1. The molecule has 0 aliphatic heterocycles. The van der Waals surface area contributed by atoms with Crippen molar-refractivity contribution >= 4 is 23.2 Å². The van der Waals surface area contributed by atoms with Gasteiger partial charge < -0.3 is 5.32 Å². The van der Waals surface area contributed by atoms with Crippen LogP contribution >= 0.6 is 11.6 Å². The van der Waals surface area contributed by atoms with Crippen molar-refractivity contribution < 1.29 is 4.79 Å². The maximum atomic E-state index is 12.2. The lowest BCUT2D eigenvalue weighted by Crippen LogP contribution is -2.10. The van der Waals surface area contributed by atoms with Crippen LogP contribution in [0.4, 0.5) is 5.69 Å². The monoisotopic (exact) mass is 311 g/mol. The molecule has 0 unspecified atom stereocenters. The highest BCUT2D eigenvalue weighted by molar-refractivity contribution is 6.30. The first-order valence-electron chi connectivity index (χ1n) is 6.80. The van der Waals surface area contributed by atoms with Crippen molar-refractivity contribution in [2.24, 2.45) is 0 Å². The first kappa shape index (κ1) is 14.4.